The Kier molecular flexibility index (Phi) is 4.44. The number of carboxylic acid groups (broad SMARTS) is 1. The van der Waals surface area contributed by atoms with Gasteiger partial charge in [0.15, 0.2) is 0 Å². The predicted molar refractivity (Wildman–Crippen MR) is 64.6 cm³/mol. The van der Waals surface area contributed by atoms with Gasteiger partial charge in [-0.05, 0) is 34.9 Å². The second-order valence-corrected chi connectivity index (χ2v) is 4.94. The molecule has 1 atom stereocenters. The highest BCUT2D eigenvalue weighted by Crippen LogP contribution is 2.25. The minimum Gasteiger partial charge on any atom is -0.481 e. The highest BCUT2D eigenvalue weighted by molar-refractivity contribution is 14.1. The number of aliphatic carboxylic acids is 1. The second-order valence-electron chi connectivity index (χ2n) is 3.78. The standard InChI is InChI=1S/C10H13IN2O2/c1-6(2)3-7(10(14)15)9-8(11)4-12-5-13-9/h4-7H,3H2,1-2H3,(H,14,15). The highest BCUT2D eigenvalue weighted by Gasteiger charge is 2.24. The molecule has 1 unspecified atom stereocenters. The number of halogens is 1. The zero-order valence-electron chi connectivity index (χ0n) is 8.64. The number of hydrogen-bond acceptors (Lipinski definition) is 3. The lowest BCUT2D eigenvalue weighted by Gasteiger charge is -2.14. The van der Waals surface area contributed by atoms with Crippen molar-refractivity contribution in [3.05, 3.63) is 21.8 Å². The van der Waals surface area contributed by atoms with Gasteiger partial charge in [0.05, 0.1) is 9.26 Å². The zero-order valence-corrected chi connectivity index (χ0v) is 10.8. The van der Waals surface area contributed by atoms with Gasteiger partial charge in [-0.15, -0.1) is 0 Å². The van der Waals surface area contributed by atoms with E-state index in [1.807, 2.05) is 13.8 Å². The van der Waals surface area contributed by atoms with Crippen LogP contribution in [0.1, 0.15) is 31.9 Å². The molecule has 1 heterocycles. The minimum atomic E-state index is -0.819. The van der Waals surface area contributed by atoms with Crippen LogP contribution >= 0.6 is 22.6 Å². The Bertz CT molecular complexity index is 355. The molecule has 15 heavy (non-hydrogen) atoms. The van der Waals surface area contributed by atoms with E-state index in [9.17, 15) is 4.79 Å². The maximum Gasteiger partial charge on any atom is 0.312 e. The van der Waals surface area contributed by atoms with Crippen LogP contribution in [0, 0.1) is 9.49 Å². The molecule has 1 aromatic rings. The highest BCUT2D eigenvalue weighted by atomic mass is 127. The molecule has 0 saturated carbocycles. The molecule has 0 aliphatic carbocycles. The smallest absolute Gasteiger partial charge is 0.312 e. The van der Waals surface area contributed by atoms with E-state index in [1.165, 1.54) is 6.33 Å². The van der Waals surface area contributed by atoms with Crippen molar-refractivity contribution >= 4 is 28.6 Å². The molecule has 82 valence electrons. The summed E-state index contributed by atoms with van der Waals surface area (Å²) >= 11 is 2.07. The Hall–Kier alpha value is -0.720. The number of rotatable bonds is 4. The number of nitrogens with zero attached hydrogens (tertiary/aromatic N) is 2. The number of aromatic nitrogens is 2. The van der Waals surface area contributed by atoms with Gasteiger partial charge in [0, 0.05) is 6.20 Å². The molecule has 1 aromatic heterocycles. The summed E-state index contributed by atoms with van der Waals surface area (Å²) in [6, 6.07) is 0. The lowest BCUT2D eigenvalue weighted by molar-refractivity contribution is -0.139. The number of carbonyl (C=O) groups is 1. The molecule has 1 N–H and O–H groups in total. The quantitative estimate of drug-likeness (QED) is 0.865. The molecular weight excluding hydrogens is 307 g/mol. The van der Waals surface area contributed by atoms with Crippen LogP contribution in [0.5, 0.6) is 0 Å². The maximum absolute atomic E-state index is 11.1. The van der Waals surface area contributed by atoms with E-state index in [2.05, 4.69) is 32.6 Å². The summed E-state index contributed by atoms with van der Waals surface area (Å²) in [5.74, 6) is -1.02. The minimum absolute atomic E-state index is 0.330. The van der Waals surface area contributed by atoms with Gasteiger partial charge < -0.3 is 5.11 Å². The summed E-state index contributed by atoms with van der Waals surface area (Å²) < 4.78 is 0.808. The molecule has 0 bridgehead atoms. The topological polar surface area (TPSA) is 63.1 Å². The van der Waals surface area contributed by atoms with E-state index < -0.39 is 11.9 Å². The van der Waals surface area contributed by atoms with Crippen molar-refractivity contribution < 1.29 is 9.90 Å². The first kappa shape index (κ1) is 12.4. The fourth-order valence-electron chi connectivity index (χ4n) is 1.38. The molecule has 5 heteroatoms. The Labute approximate surface area is 102 Å². The van der Waals surface area contributed by atoms with Crippen LogP contribution in [0.15, 0.2) is 12.5 Å². The lowest BCUT2D eigenvalue weighted by Crippen LogP contribution is -2.16. The van der Waals surface area contributed by atoms with Gasteiger partial charge in [0.25, 0.3) is 0 Å². The van der Waals surface area contributed by atoms with Gasteiger partial charge in [-0.2, -0.15) is 0 Å². The van der Waals surface area contributed by atoms with E-state index in [4.69, 9.17) is 5.11 Å². The summed E-state index contributed by atoms with van der Waals surface area (Å²) in [5.41, 5.74) is 0.617. The first-order chi connectivity index (χ1) is 7.02. The maximum atomic E-state index is 11.1. The summed E-state index contributed by atoms with van der Waals surface area (Å²) in [7, 11) is 0. The van der Waals surface area contributed by atoms with E-state index in [1.54, 1.807) is 6.20 Å². The molecule has 0 aromatic carbocycles. The predicted octanol–water partition coefficient (Wildman–Crippen LogP) is 2.30. The average Bonchev–Trinajstić information content (AvgIpc) is 2.15. The van der Waals surface area contributed by atoms with Crippen LogP contribution in [0.4, 0.5) is 0 Å². The van der Waals surface area contributed by atoms with Gasteiger partial charge in [0.2, 0.25) is 0 Å². The fourth-order valence-corrected chi connectivity index (χ4v) is 2.06. The summed E-state index contributed by atoms with van der Waals surface area (Å²) in [4.78, 5) is 19.0. The summed E-state index contributed by atoms with van der Waals surface area (Å²) in [5, 5.41) is 9.14. The molecule has 0 amide bonds. The van der Waals surface area contributed by atoms with Crippen molar-refractivity contribution in [1.82, 2.24) is 9.97 Å². The van der Waals surface area contributed by atoms with Crippen LogP contribution in [-0.4, -0.2) is 21.0 Å². The Morgan fingerprint density at radius 3 is 2.73 bits per heavy atom. The number of hydrogen-bond donors (Lipinski definition) is 1. The normalized spacial score (nSPS) is 12.8. The molecule has 0 fully saturated rings. The van der Waals surface area contributed by atoms with Crippen molar-refractivity contribution in [3.63, 3.8) is 0 Å². The van der Waals surface area contributed by atoms with Crippen molar-refractivity contribution in [1.29, 1.82) is 0 Å². The molecule has 0 aliphatic rings. The SMILES string of the molecule is CC(C)CC(C(=O)O)c1ncncc1I. The molecule has 0 saturated heterocycles. The molecule has 4 nitrogen and oxygen atoms in total. The van der Waals surface area contributed by atoms with Gasteiger partial charge in [0.1, 0.15) is 12.2 Å². The first-order valence-corrected chi connectivity index (χ1v) is 5.78. The molecule has 0 aliphatic heterocycles. The third-order valence-electron chi connectivity index (χ3n) is 2.03. The van der Waals surface area contributed by atoms with E-state index in [0.29, 0.717) is 18.0 Å². The third-order valence-corrected chi connectivity index (χ3v) is 2.86. The lowest BCUT2D eigenvalue weighted by atomic mass is 9.94. The van der Waals surface area contributed by atoms with Crippen LogP contribution < -0.4 is 0 Å². The van der Waals surface area contributed by atoms with Crippen molar-refractivity contribution in [3.8, 4) is 0 Å². The largest absolute Gasteiger partial charge is 0.481 e. The van der Waals surface area contributed by atoms with Gasteiger partial charge in [-0.25, -0.2) is 9.97 Å². The Balaban J connectivity index is 2.99. The van der Waals surface area contributed by atoms with Gasteiger partial charge >= 0.3 is 5.97 Å². The van der Waals surface area contributed by atoms with Crippen LogP contribution in [0.25, 0.3) is 0 Å². The van der Waals surface area contributed by atoms with Gasteiger partial charge in [-0.1, -0.05) is 13.8 Å². The van der Waals surface area contributed by atoms with Crippen LogP contribution in [0.3, 0.4) is 0 Å². The molecule has 0 radical (unpaired) electrons. The molecular formula is C10H13IN2O2. The second kappa shape index (κ2) is 5.39. The van der Waals surface area contributed by atoms with Gasteiger partial charge in [-0.3, -0.25) is 4.79 Å². The van der Waals surface area contributed by atoms with E-state index in [-0.39, 0.29) is 0 Å². The van der Waals surface area contributed by atoms with Crippen molar-refractivity contribution in [2.75, 3.05) is 0 Å². The van der Waals surface area contributed by atoms with E-state index >= 15 is 0 Å². The molecule has 0 spiro atoms. The van der Waals surface area contributed by atoms with Crippen LogP contribution in [0.2, 0.25) is 0 Å². The van der Waals surface area contributed by atoms with Crippen molar-refractivity contribution in [2.24, 2.45) is 5.92 Å². The first-order valence-electron chi connectivity index (χ1n) is 4.70. The van der Waals surface area contributed by atoms with Crippen molar-refractivity contribution in [2.45, 2.75) is 26.2 Å². The Morgan fingerprint density at radius 1 is 1.60 bits per heavy atom. The van der Waals surface area contributed by atoms with E-state index in [0.717, 1.165) is 3.57 Å². The summed E-state index contributed by atoms with van der Waals surface area (Å²) in [6.45, 7) is 4.01. The third kappa shape index (κ3) is 3.40. The Morgan fingerprint density at radius 2 is 2.27 bits per heavy atom. The van der Waals surface area contributed by atoms with Crippen LogP contribution in [-0.2, 0) is 4.79 Å². The number of carboxylic acids is 1. The zero-order chi connectivity index (χ0) is 11.4. The average molecular weight is 320 g/mol. The summed E-state index contributed by atoms with van der Waals surface area (Å²) in [6.07, 6.45) is 3.63. The fraction of sp³-hybridized carbons (Fsp3) is 0.500. The monoisotopic (exact) mass is 320 g/mol. The molecule has 1 rings (SSSR count).